The van der Waals surface area contributed by atoms with Crippen molar-refractivity contribution in [3.8, 4) is 5.75 Å². The summed E-state index contributed by atoms with van der Waals surface area (Å²) >= 11 is 0. The highest BCUT2D eigenvalue weighted by molar-refractivity contribution is 5.78. The molecule has 0 unspecified atom stereocenters. The normalized spacial score (nSPS) is 16.9. The molecule has 2 N–H and O–H groups in total. The van der Waals surface area contributed by atoms with Crippen LogP contribution in [0.4, 0.5) is 4.39 Å². The molecule has 110 valence electrons. The van der Waals surface area contributed by atoms with E-state index in [0.29, 0.717) is 0 Å². The molecule has 0 heterocycles. The summed E-state index contributed by atoms with van der Waals surface area (Å²) in [6.07, 6.45) is 3.53. The number of nitrogens with one attached hydrogen (secondary N) is 1. The zero-order valence-corrected chi connectivity index (χ0v) is 11.6. The van der Waals surface area contributed by atoms with Crippen molar-refractivity contribution < 1.29 is 19.0 Å². The molecular weight excluding hydrogens is 261 g/mol. The molecule has 1 fully saturated rings. The molecule has 0 spiro atoms. The lowest BCUT2D eigenvalue weighted by Crippen LogP contribution is -2.50. The van der Waals surface area contributed by atoms with Crippen LogP contribution < -0.4 is 10.1 Å². The smallest absolute Gasteiger partial charge is 0.258 e. The van der Waals surface area contributed by atoms with Crippen molar-refractivity contribution in [2.75, 3.05) is 13.2 Å². The van der Waals surface area contributed by atoms with Gasteiger partial charge in [0, 0.05) is 0 Å². The number of ether oxygens (including phenoxy) is 1. The van der Waals surface area contributed by atoms with Gasteiger partial charge in [-0.2, -0.15) is 0 Å². The minimum atomic E-state index is -0.522. The number of carbonyl (C=O) groups excluding carboxylic acids is 1. The third-order valence-electron chi connectivity index (χ3n) is 3.71. The van der Waals surface area contributed by atoms with Crippen LogP contribution in [0.1, 0.15) is 31.2 Å². The maximum atomic E-state index is 13.5. The van der Waals surface area contributed by atoms with Crippen LogP contribution in [0, 0.1) is 12.7 Å². The number of carbonyl (C=O) groups is 1. The molecule has 0 atom stereocenters. The van der Waals surface area contributed by atoms with Crippen LogP contribution in [0.3, 0.4) is 0 Å². The van der Waals surface area contributed by atoms with Crippen molar-refractivity contribution >= 4 is 5.91 Å². The van der Waals surface area contributed by atoms with E-state index in [4.69, 9.17) is 4.74 Å². The predicted octanol–water partition coefficient (Wildman–Crippen LogP) is 1.93. The van der Waals surface area contributed by atoms with Gasteiger partial charge in [-0.25, -0.2) is 4.39 Å². The SMILES string of the molecule is Cc1ccc(F)c(OCC(=O)NC2(CO)CCCC2)c1. The van der Waals surface area contributed by atoms with Crippen LogP contribution in [0.15, 0.2) is 18.2 Å². The third-order valence-corrected chi connectivity index (χ3v) is 3.71. The Kier molecular flexibility index (Phi) is 4.60. The fourth-order valence-electron chi connectivity index (χ4n) is 2.57. The number of amides is 1. The standard InChI is InChI=1S/C15H20FNO3/c1-11-4-5-12(16)13(8-11)20-9-14(19)17-15(10-18)6-2-3-7-15/h4-5,8,18H,2-3,6-7,9-10H2,1H3,(H,17,19). The van der Waals surface area contributed by atoms with Gasteiger partial charge in [0.25, 0.3) is 5.91 Å². The van der Waals surface area contributed by atoms with Crippen LogP contribution in [-0.2, 0) is 4.79 Å². The van der Waals surface area contributed by atoms with E-state index in [2.05, 4.69) is 5.32 Å². The highest BCUT2D eigenvalue weighted by Gasteiger charge is 2.34. The van der Waals surface area contributed by atoms with Gasteiger partial charge in [-0.1, -0.05) is 18.9 Å². The Morgan fingerprint density at radius 1 is 1.45 bits per heavy atom. The van der Waals surface area contributed by atoms with Crippen molar-refractivity contribution in [2.45, 2.75) is 38.1 Å². The van der Waals surface area contributed by atoms with Crippen molar-refractivity contribution in [3.63, 3.8) is 0 Å². The minimum Gasteiger partial charge on any atom is -0.481 e. The molecule has 1 saturated carbocycles. The third kappa shape index (κ3) is 3.48. The quantitative estimate of drug-likeness (QED) is 0.867. The summed E-state index contributed by atoms with van der Waals surface area (Å²) in [4.78, 5) is 11.9. The molecule has 0 radical (unpaired) electrons. The maximum absolute atomic E-state index is 13.5. The number of hydrogen-bond donors (Lipinski definition) is 2. The summed E-state index contributed by atoms with van der Waals surface area (Å²) < 4.78 is 18.7. The largest absolute Gasteiger partial charge is 0.481 e. The summed E-state index contributed by atoms with van der Waals surface area (Å²) in [6.45, 7) is 1.51. The molecule has 1 aromatic rings. The second kappa shape index (κ2) is 6.22. The Hall–Kier alpha value is -1.62. The van der Waals surface area contributed by atoms with Crippen LogP contribution in [0.2, 0.25) is 0 Å². The van der Waals surface area contributed by atoms with Gasteiger partial charge < -0.3 is 15.2 Å². The minimum absolute atomic E-state index is 0.0719. The average Bonchev–Trinajstić information content (AvgIpc) is 2.89. The Labute approximate surface area is 117 Å². The molecule has 0 aromatic heterocycles. The summed E-state index contributed by atoms with van der Waals surface area (Å²) in [7, 11) is 0. The second-order valence-corrected chi connectivity index (χ2v) is 5.42. The molecule has 0 bridgehead atoms. The lowest BCUT2D eigenvalue weighted by atomic mass is 9.99. The number of rotatable bonds is 5. The fraction of sp³-hybridized carbons (Fsp3) is 0.533. The number of benzene rings is 1. The second-order valence-electron chi connectivity index (χ2n) is 5.42. The maximum Gasteiger partial charge on any atom is 0.258 e. The molecule has 0 saturated heterocycles. The predicted molar refractivity (Wildman–Crippen MR) is 73.1 cm³/mol. The van der Waals surface area contributed by atoms with Gasteiger partial charge in [-0.3, -0.25) is 4.79 Å². The number of aliphatic hydroxyl groups is 1. The highest BCUT2D eigenvalue weighted by atomic mass is 19.1. The summed E-state index contributed by atoms with van der Waals surface area (Å²) in [5, 5.41) is 12.2. The first-order chi connectivity index (χ1) is 9.54. The van der Waals surface area contributed by atoms with Gasteiger partial charge >= 0.3 is 0 Å². The van der Waals surface area contributed by atoms with E-state index in [9.17, 15) is 14.3 Å². The zero-order valence-electron chi connectivity index (χ0n) is 11.6. The number of aryl methyl sites for hydroxylation is 1. The van der Waals surface area contributed by atoms with E-state index in [-0.39, 0.29) is 24.9 Å². The summed E-state index contributed by atoms with van der Waals surface area (Å²) in [5.41, 5.74) is 0.343. The van der Waals surface area contributed by atoms with E-state index < -0.39 is 11.4 Å². The topological polar surface area (TPSA) is 58.6 Å². The molecule has 2 rings (SSSR count). The lowest BCUT2D eigenvalue weighted by Gasteiger charge is -2.27. The van der Waals surface area contributed by atoms with Crippen molar-refractivity contribution in [1.82, 2.24) is 5.32 Å². The summed E-state index contributed by atoms with van der Waals surface area (Å²) in [5.74, 6) is -0.743. The summed E-state index contributed by atoms with van der Waals surface area (Å²) in [6, 6.07) is 4.51. The fourth-order valence-corrected chi connectivity index (χ4v) is 2.57. The number of aliphatic hydroxyl groups excluding tert-OH is 1. The molecule has 1 amide bonds. The first-order valence-electron chi connectivity index (χ1n) is 6.85. The first kappa shape index (κ1) is 14.8. The molecular formula is C15H20FNO3. The Morgan fingerprint density at radius 3 is 2.80 bits per heavy atom. The molecule has 1 aliphatic carbocycles. The molecule has 1 aliphatic rings. The molecule has 20 heavy (non-hydrogen) atoms. The molecule has 1 aromatic carbocycles. The van der Waals surface area contributed by atoms with Gasteiger partial charge in [0.1, 0.15) is 0 Å². The van der Waals surface area contributed by atoms with Crippen LogP contribution in [0.5, 0.6) is 5.75 Å². The molecule has 5 heteroatoms. The van der Waals surface area contributed by atoms with E-state index in [1.807, 2.05) is 6.92 Å². The monoisotopic (exact) mass is 281 g/mol. The number of halogens is 1. The lowest BCUT2D eigenvalue weighted by molar-refractivity contribution is -0.125. The Balaban J connectivity index is 1.90. The first-order valence-corrected chi connectivity index (χ1v) is 6.85. The van der Waals surface area contributed by atoms with E-state index >= 15 is 0 Å². The van der Waals surface area contributed by atoms with Gasteiger partial charge in [0.2, 0.25) is 0 Å². The Morgan fingerprint density at radius 2 is 2.15 bits per heavy atom. The van der Waals surface area contributed by atoms with E-state index in [1.54, 1.807) is 12.1 Å². The van der Waals surface area contributed by atoms with Gasteiger partial charge in [0.05, 0.1) is 12.1 Å². The van der Waals surface area contributed by atoms with E-state index in [1.165, 1.54) is 6.07 Å². The number of hydrogen-bond acceptors (Lipinski definition) is 3. The van der Waals surface area contributed by atoms with Gasteiger partial charge in [-0.15, -0.1) is 0 Å². The van der Waals surface area contributed by atoms with Crippen molar-refractivity contribution in [1.29, 1.82) is 0 Å². The van der Waals surface area contributed by atoms with E-state index in [0.717, 1.165) is 31.2 Å². The molecule has 4 nitrogen and oxygen atoms in total. The zero-order chi connectivity index (χ0) is 14.6. The average molecular weight is 281 g/mol. The van der Waals surface area contributed by atoms with Crippen LogP contribution in [0.25, 0.3) is 0 Å². The van der Waals surface area contributed by atoms with Crippen molar-refractivity contribution in [2.24, 2.45) is 0 Å². The van der Waals surface area contributed by atoms with Gasteiger partial charge in [-0.05, 0) is 37.5 Å². The van der Waals surface area contributed by atoms with Gasteiger partial charge in [0.15, 0.2) is 18.2 Å². The highest BCUT2D eigenvalue weighted by Crippen LogP contribution is 2.29. The Bertz CT molecular complexity index is 484. The van der Waals surface area contributed by atoms with Crippen LogP contribution >= 0.6 is 0 Å². The molecule has 0 aliphatic heterocycles. The van der Waals surface area contributed by atoms with Crippen molar-refractivity contribution in [3.05, 3.63) is 29.6 Å². The van der Waals surface area contributed by atoms with Crippen LogP contribution in [-0.4, -0.2) is 29.8 Å².